The van der Waals surface area contributed by atoms with Crippen LogP contribution in [-0.2, 0) is 0 Å². The van der Waals surface area contributed by atoms with E-state index < -0.39 is 0 Å². The summed E-state index contributed by atoms with van der Waals surface area (Å²) in [5.41, 5.74) is 7.48. The maximum Gasteiger partial charge on any atom is 0.188 e. The number of guanidine groups is 1. The minimum atomic E-state index is 0. The maximum atomic E-state index is 5.91. The Balaban J connectivity index is 0.00000162. The first-order valence-electron chi connectivity index (χ1n) is 7.09. The highest BCUT2D eigenvalue weighted by molar-refractivity contribution is 14.0. The first-order valence-corrected chi connectivity index (χ1v) is 7.09. The first kappa shape index (κ1) is 15.8. The maximum absolute atomic E-state index is 5.91. The fourth-order valence-corrected chi connectivity index (χ4v) is 2.79. The molecule has 3 nitrogen and oxygen atoms in total. The number of hydrogen-bond acceptors (Lipinski definition) is 1. The molecule has 104 valence electrons. The Morgan fingerprint density at radius 2 is 2.06 bits per heavy atom. The monoisotopic (exact) mass is 363 g/mol. The predicted octanol–water partition coefficient (Wildman–Crippen LogP) is 3.34. The Morgan fingerprint density at radius 1 is 1.28 bits per heavy atom. The van der Waals surface area contributed by atoms with Crippen molar-refractivity contribution in [2.75, 3.05) is 6.54 Å². The standard InChI is InChI=1S/C14H25N3.HI/c15-14(17-13-8-2-1-3-9-13)16-11-10-12-6-4-5-7-12;/h6,13H,1-5,7-11H2,(H3,15,16,17);1H. The summed E-state index contributed by atoms with van der Waals surface area (Å²) in [6.45, 7) is 0.845. The van der Waals surface area contributed by atoms with Gasteiger partial charge in [0, 0.05) is 12.6 Å². The predicted molar refractivity (Wildman–Crippen MR) is 88.5 cm³/mol. The van der Waals surface area contributed by atoms with Crippen LogP contribution in [-0.4, -0.2) is 18.5 Å². The van der Waals surface area contributed by atoms with Gasteiger partial charge < -0.3 is 11.1 Å². The number of nitrogens with one attached hydrogen (secondary N) is 1. The molecule has 0 saturated heterocycles. The SMILES string of the molecule is I.NC(=NCCC1=CCCC1)NC1CCCCC1. The van der Waals surface area contributed by atoms with Crippen molar-refractivity contribution in [3.05, 3.63) is 11.6 Å². The molecule has 0 heterocycles. The molecule has 4 heteroatoms. The zero-order valence-corrected chi connectivity index (χ0v) is 13.5. The summed E-state index contributed by atoms with van der Waals surface area (Å²) >= 11 is 0. The van der Waals surface area contributed by atoms with Crippen molar-refractivity contribution in [1.29, 1.82) is 0 Å². The smallest absolute Gasteiger partial charge is 0.188 e. The molecule has 3 N–H and O–H groups in total. The number of nitrogens with two attached hydrogens (primary N) is 1. The second-order valence-electron chi connectivity index (χ2n) is 5.25. The highest BCUT2D eigenvalue weighted by atomic mass is 127. The van der Waals surface area contributed by atoms with Crippen molar-refractivity contribution < 1.29 is 0 Å². The van der Waals surface area contributed by atoms with Gasteiger partial charge in [0.15, 0.2) is 5.96 Å². The third-order valence-electron chi connectivity index (χ3n) is 3.81. The minimum absolute atomic E-state index is 0. The van der Waals surface area contributed by atoms with E-state index in [1.165, 1.54) is 51.4 Å². The minimum Gasteiger partial charge on any atom is -0.370 e. The Bertz CT molecular complexity index is 293. The Hall–Kier alpha value is -0.260. The quantitative estimate of drug-likeness (QED) is 0.348. The zero-order valence-electron chi connectivity index (χ0n) is 11.2. The van der Waals surface area contributed by atoms with E-state index in [0.717, 1.165) is 13.0 Å². The van der Waals surface area contributed by atoms with Crippen molar-refractivity contribution in [3.63, 3.8) is 0 Å². The lowest BCUT2D eigenvalue weighted by Gasteiger charge is -2.23. The fourth-order valence-electron chi connectivity index (χ4n) is 2.79. The molecular formula is C14H26IN3. The number of rotatable bonds is 4. The highest BCUT2D eigenvalue weighted by Gasteiger charge is 2.13. The van der Waals surface area contributed by atoms with E-state index in [0.29, 0.717) is 12.0 Å². The Kier molecular flexibility index (Phi) is 7.70. The lowest BCUT2D eigenvalue weighted by molar-refractivity contribution is 0.412. The van der Waals surface area contributed by atoms with Crippen LogP contribution in [0.5, 0.6) is 0 Å². The van der Waals surface area contributed by atoms with Crippen molar-refractivity contribution in [1.82, 2.24) is 5.32 Å². The van der Waals surface area contributed by atoms with Gasteiger partial charge in [-0.15, -0.1) is 24.0 Å². The topological polar surface area (TPSA) is 50.4 Å². The van der Waals surface area contributed by atoms with Gasteiger partial charge in [-0.2, -0.15) is 0 Å². The van der Waals surface area contributed by atoms with E-state index in [-0.39, 0.29) is 24.0 Å². The van der Waals surface area contributed by atoms with Crippen molar-refractivity contribution in [3.8, 4) is 0 Å². The van der Waals surface area contributed by atoms with E-state index in [1.807, 2.05) is 0 Å². The van der Waals surface area contributed by atoms with Gasteiger partial charge in [0.05, 0.1) is 0 Å². The number of hydrogen-bond donors (Lipinski definition) is 2. The fraction of sp³-hybridized carbons (Fsp3) is 0.786. The summed E-state index contributed by atoms with van der Waals surface area (Å²) in [7, 11) is 0. The normalized spacial score (nSPS) is 21.3. The van der Waals surface area contributed by atoms with Crippen LogP contribution in [0, 0.1) is 0 Å². The molecule has 0 aromatic heterocycles. The highest BCUT2D eigenvalue weighted by Crippen LogP contribution is 2.20. The molecule has 1 fully saturated rings. The molecule has 0 bridgehead atoms. The summed E-state index contributed by atoms with van der Waals surface area (Å²) in [5.74, 6) is 0.649. The molecule has 1 saturated carbocycles. The van der Waals surface area contributed by atoms with Crippen molar-refractivity contribution in [2.24, 2.45) is 10.7 Å². The second-order valence-corrected chi connectivity index (χ2v) is 5.25. The van der Waals surface area contributed by atoms with E-state index >= 15 is 0 Å². The lowest BCUT2D eigenvalue weighted by atomic mass is 9.96. The number of nitrogens with zero attached hydrogens (tertiary/aromatic N) is 1. The zero-order chi connectivity index (χ0) is 11.9. The van der Waals surface area contributed by atoms with Gasteiger partial charge in [-0.05, 0) is 38.5 Å². The average Bonchev–Trinajstić information content (AvgIpc) is 2.83. The molecule has 2 aliphatic rings. The number of allylic oxidation sites excluding steroid dienone is 1. The van der Waals surface area contributed by atoms with Gasteiger partial charge >= 0.3 is 0 Å². The molecule has 0 amide bonds. The van der Waals surface area contributed by atoms with Crippen molar-refractivity contribution >= 4 is 29.9 Å². The summed E-state index contributed by atoms with van der Waals surface area (Å²) < 4.78 is 0. The Labute approximate surface area is 128 Å². The lowest BCUT2D eigenvalue weighted by Crippen LogP contribution is -2.41. The van der Waals surface area contributed by atoms with E-state index in [2.05, 4.69) is 16.4 Å². The number of aliphatic imine (C=N–C) groups is 1. The van der Waals surface area contributed by atoms with E-state index in [1.54, 1.807) is 5.57 Å². The molecule has 0 aliphatic heterocycles. The molecule has 0 radical (unpaired) electrons. The third-order valence-corrected chi connectivity index (χ3v) is 3.81. The molecule has 0 unspecified atom stereocenters. The van der Waals surface area contributed by atoms with Crippen LogP contribution in [0.3, 0.4) is 0 Å². The second kappa shape index (κ2) is 8.77. The number of halogens is 1. The van der Waals surface area contributed by atoms with Crippen LogP contribution in [0.15, 0.2) is 16.6 Å². The van der Waals surface area contributed by atoms with E-state index in [9.17, 15) is 0 Å². The summed E-state index contributed by atoms with van der Waals surface area (Å²) in [6, 6.07) is 0.568. The van der Waals surface area contributed by atoms with Crippen molar-refractivity contribution in [2.45, 2.75) is 63.8 Å². The van der Waals surface area contributed by atoms with Crippen LogP contribution < -0.4 is 11.1 Å². The van der Waals surface area contributed by atoms with Gasteiger partial charge in [0.25, 0.3) is 0 Å². The Morgan fingerprint density at radius 3 is 2.72 bits per heavy atom. The molecule has 0 spiro atoms. The first-order chi connectivity index (χ1) is 8.34. The molecule has 0 aromatic rings. The average molecular weight is 363 g/mol. The van der Waals surface area contributed by atoms with Gasteiger partial charge in [-0.1, -0.05) is 30.9 Å². The summed E-state index contributed by atoms with van der Waals surface area (Å²) in [5, 5.41) is 3.35. The van der Waals surface area contributed by atoms with Crippen LogP contribution in [0.1, 0.15) is 57.8 Å². The third kappa shape index (κ3) is 5.59. The van der Waals surface area contributed by atoms with Crippen LogP contribution in [0.4, 0.5) is 0 Å². The van der Waals surface area contributed by atoms with Crippen LogP contribution >= 0.6 is 24.0 Å². The van der Waals surface area contributed by atoms with E-state index in [4.69, 9.17) is 5.73 Å². The van der Waals surface area contributed by atoms with Crippen LogP contribution in [0.2, 0.25) is 0 Å². The molecule has 0 atom stereocenters. The largest absolute Gasteiger partial charge is 0.370 e. The molecule has 0 aromatic carbocycles. The van der Waals surface area contributed by atoms with Gasteiger partial charge in [0.2, 0.25) is 0 Å². The van der Waals surface area contributed by atoms with Gasteiger partial charge in [-0.25, -0.2) is 0 Å². The summed E-state index contributed by atoms with van der Waals surface area (Å²) in [4.78, 5) is 4.42. The molecule has 2 rings (SSSR count). The molecule has 18 heavy (non-hydrogen) atoms. The molecule has 2 aliphatic carbocycles. The van der Waals surface area contributed by atoms with Gasteiger partial charge in [0.1, 0.15) is 0 Å². The van der Waals surface area contributed by atoms with Gasteiger partial charge in [-0.3, -0.25) is 4.99 Å². The van der Waals surface area contributed by atoms with Crippen LogP contribution in [0.25, 0.3) is 0 Å². The molecular weight excluding hydrogens is 337 g/mol. The summed E-state index contributed by atoms with van der Waals surface area (Å²) in [6.07, 6.45) is 13.9.